The molecule has 152 valence electrons. The van der Waals surface area contributed by atoms with Gasteiger partial charge in [-0.3, -0.25) is 4.99 Å². The van der Waals surface area contributed by atoms with Crippen LogP contribution in [0.25, 0.3) is 16.8 Å². The van der Waals surface area contributed by atoms with Crippen molar-refractivity contribution < 1.29 is 0 Å². The maximum atomic E-state index is 4.87. The van der Waals surface area contributed by atoms with Gasteiger partial charge < -0.3 is 4.98 Å². The Labute approximate surface area is 184 Å². The fourth-order valence-corrected chi connectivity index (χ4v) is 4.46. The Balaban J connectivity index is 1.51. The van der Waals surface area contributed by atoms with E-state index in [0.29, 0.717) is 0 Å². The summed E-state index contributed by atoms with van der Waals surface area (Å²) in [6, 6.07) is 30.3. The zero-order valence-corrected chi connectivity index (χ0v) is 17.9. The number of hydrogen-bond acceptors (Lipinski definition) is 1. The Morgan fingerprint density at radius 2 is 1.55 bits per heavy atom. The molecular formula is C29H26N2. The lowest BCUT2D eigenvalue weighted by molar-refractivity contribution is 0.849. The normalized spacial score (nSPS) is 16.3. The number of aliphatic imine (C=N–C) groups is 1. The van der Waals surface area contributed by atoms with Gasteiger partial charge in [-0.25, -0.2) is 0 Å². The van der Waals surface area contributed by atoms with Gasteiger partial charge in [-0.1, -0.05) is 85.3 Å². The van der Waals surface area contributed by atoms with Crippen LogP contribution >= 0.6 is 0 Å². The smallest absolute Gasteiger partial charge is 0.0942 e. The van der Waals surface area contributed by atoms with E-state index in [4.69, 9.17) is 4.99 Å². The lowest BCUT2D eigenvalue weighted by atomic mass is 9.84. The fourth-order valence-electron chi connectivity index (χ4n) is 4.46. The van der Waals surface area contributed by atoms with Crippen molar-refractivity contribution >= 4 is 11.8 Å². The SMILES string of the molecule is Cc1ccc(C2=CC(c3ccccc3[C@H](C)c3ccccc3-c3ccc[nH]3)N=C2)cc1. The summed E-state index contributed by atoms with van der Waals surface area (Å²) in [6.07, 6.45) is 6.28. The third-order valence-corrected chi connectivity index (χ3v) is 6.19. The van der Waals surface area contributed by atoms with E-state index >= 15 is 0 Å². The summed E-state index contributed by atoms with van der Waals surface area (Å²) >= 11 is 0. The van der Waals surface area contributed by atoms with Crippen LogP contribution in [-0.4, -0.2) is 11.2 Å². The van der Waals surface area contributed by atoms with E-state index in [2.05, 4.69) is 110 Å². The van der Waals surface area contributed by atoms with Gasteiger partial charge in [0.1, 0.15) is 0 Å². The number of aromatic amines is 1. The van der Waals surface area contributed by atoms with Crippen LogP contribution in [0.5, 0.6) is 0 Å². The molecule has 2 heteroatoms. The van der Waals surface area contributed by atoms with Gasteiger partial charge in [0.2, 0.25) is 0 Å². The van der Waals surface area contributed by atoms with Crippen LogP contribution in [0.1, 0.15) is 46.7 Å². The molecule has 1 aliphatic heterocycles. The van der Waals surface area contributed by atoms with Gasteiger partial charge in [0.25, 0.3) is 0 Å². The summed E-state index contributed by atoms with van der Waals surface area (Å²) in [6.45, 7) is 4.41. The molecule has 0 radical (unpaired) electrons. The minimum atomic E-state index is 0.0487. The first kappa shape index (κ1) is 19.3. The summed E-state index contributed by atoms with van der Waals surface area (Å²) < 4.78 is 0. The summed E-state index contributed by atoms with van der Waals surface area (Å²) in [7, 11) is 0. The molecule has 1 aromatic heterocycles. The molecule has 0 bridgehead atoms. The predicted octanol–water partition coefficient (Wildman–Crippen LogP) is 7.35. The summed E-state index contributed by atoms with van der Waals surface area (Å²) in [4.78, 5) is 8.24. The fraction of sp³-hybridized carbons (Fsp3) is 0.138. The summed E-state index contributed by atoms with van der Waals surface area (Å²) in [5.74, 6) is 0.253. The van der Waals surface area contributed by atoms with E-state index < -0.39 is 0 Å². The molecule has 2 atom stereocenters. The van der Waals surface area contributed by atoms with Crippen LogP contribution in [0.3, 0.4) is 0 Å². The molecule has 0 amide bonds. The Bertz CT molecular complexity index is 1240. The summed E-state index contributed by atoms with van der Waals surface area (Å²) in [5, 5.41) is 0. The third kappa shape index (κ3) is 3.77. The minimum Gasteiger partial charge on any atom is -0.361 e. The Kier molecular flexibility index (Phi) is 5.13. The van der Waals surface area contributed by atoms with Crippen LogP contribution in [0, 0.1) is 6.92 Å². The van der Waals surface area contributed by atoms with Crippen molar-refractivity contribution in [2.75, 3.05) is 0 Å². The second-order valence-corrected chi connectivity index (χ2v) is 8.23. The molecule has 0 spiro atoms. The average Bonchev–Trinajstić information content (AvgIpc) is 3.52. The van der Waals surface area contributed by atoms with Crippen LogP contribution in [0.2, 0.25) is 0 Å². The highest BCUT2D eigenvalue weighted by atomic mass is 14.8. The van der Waals surface area contributed by atoms with Gasteiger partial charge in [0.05, 0.1) is 6.04 Å². The molecule has 1 aliphatic rings. The number of H-pyrrole nitrogens is 1. The van der Waals surface area contributed by atoms with Crippen molar-refractivity contribution in [3.8, 4) is 11.3 Å². The van der Waals surface area contributed by atoms with E-state index in [-0.39, 0.29) is 12.0 Å². The molecule has 5 rings (SSSR count). The third-order valence-electron chi connectivity index (χ3n) is 6.19. The number of aryl methyl sites for hydroxylation is 1. The summed E-state index contributed by atoms with van der Waals surface area (Å²) in [5.41, 5.74) is 10.0. The first-order valence-electron chi connectivity index (χ1n) is 10.8. The number of nitrogens with zero attached hydrogens (tertiary/aromatic N) is 1. The lowest BCUT2D eigenvalue weighted by Gasteiger charge is -2.21. The van der Waals surface area contributed by atoms with E-state index in [1.165, 1.54) is 39.0 Å². The van der Waals surface area contributed by atoms with Gasteiger partial charge in [0.15, 0.2) is 0 Å². The van der Waals surface area contributed by atoms with Crippen LogP contribution in [-0.2, 0) is 0 Å². The minimum absolute atomic E-state index is 0.0487. The quantitative estimate of drug-likeness (QED) is 0.361. The van der Waals surface area contributed by atoms with Crippen LogP contribution in [0.4, 0.5) is 0 Å². The van der Waals surface area contributed by atoms with Gasteiger partial charge in [-0.05, 0) is 53.0 Å². The highest BCUT2D eigenvalue weighted by Crippen LogP contribution is 2.38. The molecule has 0 saturated carbocycles. The van der Waals surface area contributed by atoms with Crippen molar-refractivity contribution in [3.63, 3.8) is 0 Å². The molecule has 1 unspecified atom stereocenters. The molecule has 4 aromatic rings. The Hall–Kier alpha value is -3.65. The standard InChI is InChI=1S/C29H26N2/c1-20-13-15-22(16-14-20)23-18-29(31-19-23)27-11-6-4-9-25(27)21(2)24-8-3-5-10-26(24)28-12-7-17-30-28/h3-19,21,29-30H,1-2H3/t21-,29?/m1/s1. The number of aromatic nitrogens is 1. The van der Waals surface area contributed by atoms with E-state index in [1.54, 1.807) is 0 Å². The molecule has 1 N–H and O–H groups in total. The number of hydrogen-bond donors (Lipinski definition) is 1. The molecule has 2 nitrogen and oxygen atoms in total. The second-order valence-electron chi connectivity index (χ2n) is 8.23. The maximum absolute atomic E-state index is 4.87. The number of benzene rings is 3. The molecule has 0 saturated heterocycles. The molecule has 31 heavy (non-hydrogen) atoms. The maximum Gasteiger partial charge on any atom is 0.0942 e. The van der Waals surface area contributed by atoms with Crippen LogP contribution < -0.4 is 0 Å². The zero-order valence-electron chi connectivity index (χ0n) is 17.9. The van der Waals surface area contributed by atoms with Crippen molar-refractivity contribution in [1.82, 2.24) is 4.98 Å². The topological polar surface area (TPSA) is 28.1 Å². The van der Waals surface area contributed by atoms with Gasteiger partial charge in [-0.15, -0.1) is 0 Å². The van der Waals surface area contributed by atoms with Gasteiger partial charge >= 0.3 is 0 Å². The molecular weight excluding hydrogens is 376 g/mol. The monoisotopic (exact) mass is 402 g/mol. The van der Waals surface area contributed by atoms with Crippen molar-refractivity contribution in [3.05, 3.63) is 125 Å². The van der Waals surface area contributed by atoms with Crippen molar-refractivity contribution in [2.45, 2.75) is 25.8 Å². The number of nitrogens with one attached hydrogen (secondary N) is 1. The lowest BCUT2D eigenvalue weighted by Crippen LogP contribution is -2.04. The average molecular weight is 403 g/mol. The van der Waals surface area contributed by atoms with Crippen molar-refractivity contribution in [1.29, 1.82) is 0 Å². The first-order chi connectivity index (χ1) is 15.2. The first-order valence-corrected chi connectivity index (χ1v) is 10.8. The molecule has 2 heterocycles. The molecule has 3 aromatic carbocycles. The van der Waals surface area contributed by atoms with Gasteiger partial charge in [-0.2, -0.15) is 0 Å². The van der Waals surface area contributed by atoms with E-state index in [0.717, 1.165) is 5.69 Å². The van der Waals surface area contributed by atoms with E-state index in [9.17, 15) is 0 Å². The second kappa shape index (κ2) is 8.23. The van der Waals surface area contributed by atoms with Crippen LogP contribution in [0.15, 0.2) is 102 Å². The Morgan fingerprint density at radius 3 is 2.32 bits per heavy atom. The molecule has 0 fully saturated rings. The highest BCUT2D eigenvalue weighted by molar-refractivity contribution is 6.11. The number of allylic oxidation sites excluding steroid dienone is 1. The van der Waals surface area contributed by atoms with Gasteiger partial charge in [0, 0.05) is 29.6 Å². The number of rotatable bonds is 5. The highest BCUT2D eigenvalue weighted by Gasteiger charge is 2.22. The predicted molar refractivity (Wildman–Crippen MR) is 131 cm³/mol. The zero-order chi connectivity index (χ0) is 21.2. The largest absolute Gasteiger partial charge is 0.361 e. The van der Waals surface area contributed by atoms with Crippen molar-refractivity contribution in [2.24, 2.45) is 4.99 Å². The van der Waals surface area contributed by atoms with E-state index in [1.807, 2.05) is 12.4 Å². The molecule has 0 aliphatic carbocycles. The Morgan fingerprint density at radius 1 is 0.806 bits per heavy atom.